The van der Waals surface area contributed by atoms with Gasteiger partial charge in [0.15, 0.2) is 0 Å². The smallest absolute Gasteiger partial charge is 0.226 e. The third-order valence-corrected chi connectivity index (χ3v) is 5.31. The summed E-state index contributed by atoms with van der Waals surface area (Å²) < 4.78 is 13.3. The summed E-state index contributed by atoms with van der Waals surface area (Å²) in [6, 6.07) is 10.3. The number of aromatic nitrogens is 1. The summed E-state index contributed by atoms with van der Waals surface area (Å²) in [6.45, 7) is 1.96. The number of hydrogen-bond acceptors (Lipinski definition) is 4. The van der Waals surface area contributed by atoms with Gasteiger partial charge in [0.05, 0.1) is 18.2 Å². The van der Waals surface area contributed by atoms with Gasteiger partial charge in [-0.25, -0.2) is 9.37 Å². The molecule has 0 fully saturated rings. The summed E-state index contributed by atoms with van der Waals surface area (Å²) in [7, 11) is 0. The number of nitrogens with zero attached hydrogens (tertiary/aromatic N) is 1. The number of amides is 1. The average molecular weight is 346 g/mol. The number of halogens is 1. The van der Waals surface area contributed by atoms with Crippen molar-refractivity contribution in [1.29, 1.82) is 0 Å². The number of hydrogen-bond donors (Lipinski definition) is 1. The summed E-state index contributed by atoms with van der Waals surface area (Å²) in [5.41, 5.74) is 1.43. The van der Waals surface area contributed by atoms with Crippen LogP contribution in [0.4, 0.5) is 4.39 Å². The van der Waals surface area contributed by atoms with Gasteiger partial charge in [0.25, 0.3) is 0 Å². The zero-order chi connectivity index (χ0) is 16.2. The SMILES string of the molecule is CC(NC(=O)Cc1csc(-c2cccc(F)c2)n1)c1cccs1. The molecule has 0 aliphatic heterocycles. The van der Waals surface area contributed by atoms with Crippen LogP contribution in [-0.2, 0) is 11.2 Å². The molecule has 3 nitrogen and oxygen atoms in total. The fourth-order valence-corrected chi connectivity index (χ4v) is 3.76. The predicted molar refractivity (Wildman–Crippen MR) is 92.1 cm³/mol. The van der Waals surface area contributed by atoms with Gasteiger partial charge in [0.2, 0.25) is 5.91 Å². The minimum atomic E-state index is -0.290. The highest BCUT2D eigenvalue weighted by atomic mass is 32.1. The first-order valence-electron chi connectivity index (χ1n) is 7.15. The summed E-state index contributed by atoms with van der Waals surface area (Å²) in [5.74, 6) is -0.358. The first kappa shape index (κ1) is 15.8. The molecule has 2 aromatic heterocycles. The van der Waals surface area contributed by atoms with Gasteiger partial charge >= 0.3 is 0 Å². The third kappa shape index (κ3) is 4.03. The van der Waals surface area contributed by atoms with Crippen LogP contribution >= 0.6 is 22.7 Å². The van der Waals surface area contributed by atoms with Crippen LogP contribution in [0.25, 0.3) is 10.6 Å². The molecular formula is C17H15FN2OS2. The molecule has 118 valence electrons. The number of carbonyl (C=O) groups is 1. The number of nitrogens with one attached hydrogen (secondary N) is 1. The second-order valence-corrected chi connectivity index (χ2v) is 6.97. The molecule has 0 aliphatic rings. The van der Waals surface area contributed by atoms with Crippen LogP contribution in [0.5, 0.6) is 0 Å². The molecule has 2 heterocycles. The van der Waals surface area contributed by atoms with E-state index in [9.17, 15) is 9.18 Å². The first-order chi connectivity index (χ1) is 11.1. The highest BCUT2D eigenvalue weighted by molar-refractivity contribution is 7.13. The first-order valence-corrected chi connectivity index (χ1v) is 8.91. The molecule has 1 atom stereocenters. The largest absolute Gasteiger partial charge is 0.348 e. The molecule has 6 heteroatoms. The Labute approximate surface area is 141 Å². The normalized spacial score (nSPS) is 12.1. The molecule has 0 bridgehead atoms. The molecule has 1 amide bonds. The van der Waals surface area contributed by atoms with Gasteiger partial charge in [-0.15, -0.1) is 22.7 Å². The van der Waals surface area contributed by atoms with Crippen molar-refractivity contribution in [3.05, 3.63) is 63.5 Å². The van der Waals surface area contributed by atoms with Gasteiger partial charge in [-0.05, 0) is 30.5 Å². The van der Waals surface area contributed by atoms with E-state index in [1.165, 1.54) is 23.5 Å². The van der Waals surface area contributed by atoms with E-state index in [0.29, 0.717) is 5.69 Å². The van der Waals surface area contributed by atoms with E-state index in [1.807, 2.05) is 35.9 Å². The Balaban J connectivity index is 1.63. The third-order valence-electron chi connectivity index (χ3n) is 3.31. The van der Waals surface area contributed by atoms with Crippen molar-refractivity contribution in [2.24, 2.45) is 0 Å². The maximum absolute atomic E-state index is 13.3. The van der Waals surface area contributed by atoms with Crippen LogP contribution in [0, 0.1) is 5.82 Å². The molecule has 0 aliphatic carbocycles. The van der Waals surface area contributed by atoms with Crippen molar-refractivity contribution in [3.8, 4) is 10.6 Å². The topological polar surface area (TPSA) is 42.0 Å². The maximum atomic E-state index is 13.3. The van der Waals surface area contributed by atoms with E-state index in [2.05, 4.69) is 10.3 Å². The van der Waals surface area contributed by atoms with Crippen molar-refractivity contribution in [2.45, 2.75) is 19.4 Å². The molecule has 1 unspecified atom stereocenters. The summed E-state index contributed by atoms with van der Waals surface area (Å²) in [4.78, 5) is 17.7. The average Bonchev–Trinajstić information content (AvgIpc) is 3.18. The Kier molecular flexibility index (Phi) is 4.83. The standard InChI is InChI=1S/C17H15FN2OS2/c1-11(15-6-3-7-22-15)19-16(21)9-14-10-23-17(20-14)12-4-2-5-13(18)8-12/h2-8,10-11H,9H2,1H3,(H,19,21). The van der Waals surface area contributed by atoms with Crippen molar-refractivity contribution < 1.29 is 9.18 Å². The van der Waals surface area contributed by atoms with E-state index >= 15 is 0 Å². The minimum absolute atomic E-state index is 0.0103. The Morgan fingerprint density at radius 1 is 1.30 bits per heavy atom. The highest BCUT2D eigenvalue weighted by Crippen LogP contribution is 2.24. The van der Waals surface area contributed by atoms with Crippen LogP contribution < -0.4 is 5.32 Å². The Bertz CT molecular complexity index is 799. The van der Waals surface area contributed by atoms with E-state index in [-0.39, 0.29) is 24.2 Å². The quantitative estimate of drug-likeness (QED) is 0.742. The highest BCUT2D eigenvalue weighted by Gasteiger charge is 2.13. The second kappa shape index (κ2) is 7.02. The Morgan fingerprint density at radius 2 is 2.17 bits per heavy atom. The van der Waals surface area contributed by atoms with E-state index in [1.54, 1.807) is 17.4 Å². The number of thiazole rings is 1. The lowest BCUT2D eigenvalue weighted by Crippen LogP contribution is -2.27. The fourth-order valence-electron chi connectivity index (χ4n) is 2.21. The molecule has 0 saturated heterocycles. The fraction of sp³-hybridized carbons (Fsp3) is 0.176. The monoisotopic (exact) mass is 346 g/mol. The minimum Gasteiger partial charge on any atom is -0.348 e. The van der Waals surface area contributed by atoms with Crippen LogP contribution in [-0.4, -0.2) is 10.9 Å². The van der Waals surface area contributed by atoms with Gasteiger partial charge in [-0.3, -0.25) is 4.79 Å². The van der Waals surface area contributed by atoms with Crippen molar-refractivity contribution in [1.82, 2.24) is 10.3 Å². The van der Waals surface area contributed by atoms with Crippen molar-refractivity contribution in [2.75, 3.05) is 0 Å². The summed E-state index contributed by atoms with van der Waals surface area (Å²) in [6.07, 6.45) is 0.224. The van der Waals surface area contributed by atoms with Crippen molar-refractivity contribution in [3.63, 3.8) is 0 Å². The van der Waals surface area contributed by atoms with Crippen LogP contribution in [0.2, 0.25) is 0 Å². The zero-order valence-electron chi connectivity index (χ0n) is 12.5. The lowest BCUT2D eigenvalue weighted by atomic mass is 10.2. The van der Waals surface area contributed by atoms with Gasteiger partial charge in [-0.1, -0.05) is 18.2 Å². The number of benzene rings is 1. The second-order valence-electron chi connectivity index (χ2n) is 5.14. The number of carbonyl (C=O) groups excluding carboxylic acids is 1. The van der Waals surface area contributed by atoms with Crippen LogP contribution in [0.1, 0.15) is 23.5 Å². The lowest BCUT2D eigenvalue weighted by Gasteiger charge is -2.11. The Morgan fingerprint density at radius 3 is 2.91 bits per heavy atom. The number of rotatable bonds is 5. The molecule has 23 heavy (non-hydrogen) atoms. The Hall–Kier alpha value is -2.05. The van der Waals surface area contributed by atoms with E-state index in [4.69, 9.17) is 0 Å². The molecule has 0 radical (unpaired) electrons. The maximum Gasteiger partial charge on any atom is 0.226 e. The lowest BCUT2D eigenvalue weighted by molar-refractivity contribution is -0.121. The summed E-state index contributed by atoms with van der Waals surface area (Å²) in [5, 5.41) is 7.52. The molecule has 0 saturated carbocycles. The van der Waals surface area contributed by atoms with Gasteiger partial charge in [-0.2, -0.15) is 0 Å². The molecular weight excluding hydrogens is 331 g/mol. The number of thiophene rings is 1. The van der Waals surface area contributed by atoms with E-state index in [0.717, 1.165) is 15.4 Å². The molecule has 0 spiro atoms. The molecule has 3 rings (SSSR count). The van der Waals surface area contributed by atoms with Gasteiger partial charge in [0, 0.05) is 15.8 Å². The predicted octanol–water partition coefficient (Wildman–Crippen LogP) is 4.43. The molecule has 3 aromatic rings. The van der Waals surface area contributed by atoms with E-state index < -0.39 is 0 Å². The zero-order valence-corrected chi connectivity index (χ0v) is 14.1. The van der Waals surface area contributed by atoms with Crippen LogP contribution in [0.15, 0.2) is 47.2 Å². The van der Waals surface area contributed by atoms with Gasteiger partial charge < -0.3 is 5.32 Å². The van der Waals surface area contributed by atoms with Gasteiger partial charge in [0.1, 0.15) is 10.8 Å². The van der Waals surface area contributed by atoms with Crippen molar-refractivity contribution >= 4 is 28.6 Å². The molecule has 1 aromatic carbocycles. The van der Waals surface area contributed by atoms with Crippen LogP contribution in [0.3, 0.4) is 0 Å². The molecule has 1 N–H and O–H groups in total. The summed E-state index contributed by atoms with van der Waals surface area (Å²) >= 11 is 3.03.